The molecule has 0 atom stereocenters. The second kappa shape index (κ2) is 7.42. The van der Waals surface area contributed by atoms with Crippen molar-refractivity contribution in [2.24, 2.45) is 0 Å². The first kappa shape index (κ1) is 15.8. The molecular formula is C15H12ClFN2O3. The number of hydrazine groups is 1. The molecule has 2 amide bonds. The smallest absolute Gasteiger partial charge is 0.276 e. The Balaban J connectivity index is 1.79. The third-order valence-electron chi connectivity index (χ3n) is 2.62. The summed E-state index contributed by atoms with van der Waals surface area (Å²) in [7, 11) is 0. The van der Waals surface area contributed by atoms with Crippen molar-refractivity contribution in [3.8, 4) is 5.75 Å². The van der Waals surface area contributed by atoms with Gasteiger partial charge in [0.1, 0.15) is 11.6 Å². The van der Waals surface area contributed by atoms with Crippen LogP contribution >= 0.6 is 11.6 Å². The maximum Gasteiger partial charge on any atom is 0.276 e. The Morgan fingerprint density at radius 1 is 1.05 bits per heavy atom. The average Bonchev–Trinajstić information content (AvgIpc) is 2.52. The average molecular weight is 323 g/mol. The molecule has 0 saturated carbocycles. The number of hydrogen-bond acceptors (Lipinski definition) is 3. The van der Waals surface area contributed by atoms with Crippen LogP contribution in [0.4, 0.5) is 4.39 Å². The first-order valence-corrected chi connectivity index (χ1v) is 6.66. The molecule has 0 saturated heterocycles. The molecular weight excluding hydrogens is 311 g/mol. The molecule has 0 heterocycles. The molecule has 5 nitrogen and oxygen atoms in total. The van der Waals surface area contributed by atoms with Crippen molar-refractivity contribution in [1.82, 2.24) is 10.9 Å². The van der Waals surface area contributed by atoms with Crippen LogP contribution in [0.3, 0.4) is 0 Å². The maximum atomic E-state index is 12.7. The number of carbonyl (C=O) groups is 2. The normalized spacial score (nSPS) is 9.91. The van der Waals surface area contributed by atoms with Gasteiger partial charge in [0.25, 0.3) is 11.8 Å². The number of rotatable bonds is 4. The molecule has 0 aliphatic heterocycles. The van der Waals surface area contributed by atoms with Crippen molar-refractivity contribution in [2.45, 2.75) is 0 Å². The number of halogens is 2. The summed E-state index contributed by atoms with van der Waals surface area (Å²) in [6, 6.07) is 11.7. The molecule has 114 valence electrons. The number of hydrogen-bond donors (Lipinski definition) is 2. The van der Waals surface area contributed by atoms with Gasteiger partial charge in [-0.15, -0.1) is 0 Å². The van der Waals surface area contributed by atoms with Gasteiger partial charge in [-0.1, -0.05) is 23.7 Å². The quantitative estimate of drug-likeness (QED) is 0.849. The van der Waals surface area contributed by atoms with Gasteiger partial charge in [0.15, 0.2) is 6.61 Å². The highest BCUT2D eigenvalue weighted by Gasteiger charge is 2.10. The second-order valence-corrected chi connectivity index (χ2v) is 4.63. The van der Waals surface area contributed by atoms with Gasteiger partial charge >= 0.3 is 0 Å². The molecule has 22 heavy (non-hydrogen) atoms. The zero-order valence-electron chi connectivity index (χ0n) is 11.3. The number of ether oxygens (including phenoxy) is 1. The third kappa shape index (κ3) is 4.46. The molecule has 7 heteroatoms. The highest BCUT2D eigenvalue weighted by molar-refractivity contribution is 6.33. The molecule has 0 aromatic heterocycles. The number of nitrogens with one attached hydrogen (secondary N) is 2. The minimum atomic E-state index is -0.565. The van der Waals surface area contributed by atoms with Crippen molar-refractivity contribution >= 4 is 23.4 Å². The van der Waals surface area contributed by atoms with Crippen LogP contribution in [0.1, 0.15) is 10.4 Å². The summed E-state index contributed by atoms with van der Waals surface area (Å²) in [6.07, 6.45) is 0. The number of benzene rings is 2. The number of amides is 2. The lowest BCUT2D eigenvalue weighted by Crippen LogP contribution is -2.43. The zero-order chi connectivity index (χ0) is 15.9. The largest absolute Gasteiger partial charge is 0.484 e. The van der Waals surface area contributed by atoms with E-state index in [1.165, 1.54) is 30.3 Å². The topological polar surface area (TPSA) is 67.4 Å². The summed E-state index contributed by atoms with van der Waals surface area (Å²) in [5.41, 5.74) is 4.66. The fourth-order valence-corrected chi connectivity index (χ4v) is 1.78. The van der Waals surface area contributed by atoms with E-state index in [9.17, 15) is 14.0 Å². The second-order valence-electron chi connectivity index (χ2n) is 4.22. The monoisotopic (exact) mass is 322 g/mol. The van der Waals surface area contributed by atoms with E-state index < -0.39 is 17.6 Å². The van der Waals surface area contributed by atoms with Crippen LogP contribution in [-0.2, 0) is 4.79 Å². The van der Waals surface area contributed by atoms with Gasteiger partial charge in [-0.05, 0) is 36.4 Å². The van der Waals surface area contributed by atoms with Gasteiger partial charge in [-0.25, -0.2) is 4.39 Å². The van der Waals surface area contributed by atoms with Crippen LogP contribution in [0.25, 0.3) is 0 Å². The molecule has 0 spiro atoms. The highest BCUT2D eigenvalue weighted by atomic mass is 35.5. The first-order valence-electron chi connectivity index (χ1n) is 6.28. The van der Waals surface area contributed by atoms with Crippen LogP contribution in [0.15, 0.2) is 48.5 Å². The van der Waals surface area contributed by atoms with Crippen LogP contribution in [-0.4, -0.2) is 18.4 Å². The summed E-state index contributed by atoms with van der Waals surface area (Å²) < 4.78 is 17.8. The maximum absolute atomic E-state index is 12.7. The van der Waals surface area contributed by atoms with E-state index in [1.54, 1.807) is 18.2 Å². The van der Waals surface area contributed by atoms with E-state index >= 15 is 0 Å². The van der Waals surface area contributed by atoms with E-state index in [0.717, 1.165) is 0 Å². The summed E-state index contributed by atoms with van der Waals surface area (Å²) in [6.45, 7) is -0.325. The third-order valence-corrected chi connectivity index (χ3v) is 2.95. The van der Waals surface area contributed by atoms with Gasteiger partial charge < -0.3 is 4.74 Å². The summed E-state index contributed by atoms with van der Waals surface area (Å²) in [5.74, 6) is -1.16. The van der Waals surface area contributed by atoms with E-state index in [-0.39, 0.29) is 17.2 Å². The lowest BCUT2D eigenvalue weighted by Gasteiger charge is -2.09. The van der Waals surface area contributed by atoms with Crippen LogP contribution in [0.5, 0.6) is 5.75 Å². The molecule has 0 unspecified atom stereocenters. The Kier molecular flexibility index (Phi) is 5.32. The van der Waals surface area contributed by atoms with Gasteiger partial charge in [0.05, 0.1) is 10.6 Å². The zero-order valence-corrected chi connectivity index (χ0v) is 12.1. The predicted molar refractivity (Wildman–Crippen MR) is 79.0 cm³/mol. The molecule has 2 aromatic rings. The molecule has 2 rings (SSSR count). The fraction of sp³-hybridized carbons (Fsp3) is 0.0667. The standard InChI is InChI=1S/C15H12ClFN2O3/c16-13-4-2-1-3-12(13)15(21)19-18-14(20)9-22-11-7-5-10(17)6-8-11/h1-8H,9H2,(H,18,20)(H,19,21). The van der Waals surface area contributed by atoms with E-state index in [0.29, 0.717) is 5.75 Å². The minimum Gasteiger partial charge on any atom is -0.484 e. The minimum absolute atomic E-state index is 0.240. The first-order chi connectivity index (χ1) is 10.6. The lowest BCUT2D eigenvalue weighted by molar-refractivity contribution is -0.123. The van der Waals surface area contributed by atoms with Crippen LogP contribution < -0.4 is 15.6 Å². The predicted octanol–water partition coefficient (Wildman–Crippen LogP) is 2.32. The fourth-order valence-electron chi connectivity index (χ4n) is 1.55. The summed E-state index contributed by atoms with van der Waals surface area (Å²) >= 11 is 5.86. The van der Waals surface area contributed by atoms with E-state index in [2.05, 4.69) is 10.9 Å². The Hall–Kier alpha value is -2.60. The molecule has 0 aliphatic rings. The van der Waals surface area contributed by atoms with Gasteiger partial charge in [0.2, 0.25) is 0 Å². The Morgan fingerprint density at radius 2 is 1.73 bits per heavy atom. The van der Waals surface area contributed by atoms with E-state index in [4.69, 9.17) is 16.3 Å². The molecule has 2 aromatic carbocycles. The Morgan fingerprint density at radius 3 is 2.41 bits per heavy atom. The summed E-state index contributed by atoms with van der Waals surface area (Å²) in [4.78, 5) is 23.3. The molecule has 0 radical (unpaired) electrons. The van der Waals surface area contributed by atoms with Gasteiger partial charge in [-0.2, -0.15) is 0 Å². The van der Waals surface area contributed by atoms with Crippen molar-refractivity contribution in [3.05, 3.63) is 64.9 Å². The SMILES string of the molecule is O=C(COc1ccc(F)cc1)NNC(=O)c1ccccc1Cl. The Bertz CT molecular complexity index is 677. The van der Waals surface area contributed by atoms with Crippen molar-refractivity contribution < 1.29 is 18.7 Å². The molecule has 0 aliphatic carbocycles. The molecule has 0 fully saturated rings. The molecule has 0 bridgehead atoms. The molecule has 2 N–H and O–H groups in total. The highest BCUT2D eigenvalue weighted by Crippen LogP contribution is 2.14. The lowest BCUT2D eigenvalue weighted by atomic mass is 10.2. The van der Waals surface area contributed by atoms with Crippen molar-refractivity contribution in [2.75, 3.05) is 6.61 Å². The van der Waals surface area contributed by atoms with Gasteiger partial charge in [0, 0.05) is 0 Å². The van der Waals surface area contributed by atoms with E-state index in [1.807, 2.05) is 0 Å². The number of carbonyl (C=O) groups excluding carboxylic acids is 2. The Labute approximate surface area is 131 Å². The van der Waals surface area contributed by atoms with Gasteiger partial charge in [-0.3, -0.25) is 20.4 Å². The van der Waals surface area contributed by atoms with Crippen LogP contribution in [0, 0.1) is 5.82 Å². The summed E-state index contributed by atoms with van der Waals surface area (Å²) in [5, 5.41) is 0.275. The van der Waals surface area contributed by atoms with Crippen molar-refractivity contribution in [1.29, 1.82) is 0 Å². The van der Waals surface area contributed by atoms with Crippen molar-refractivity contribution in [3.63, 3.8) is 0 Å². The van der Waals surface area contributed by atoms with Crippen LogP contribution in [0.2, 0.25) is 5.02 Å².